The summed E-state index contributed by atoms with van der Waals surface area (Å²) in [6, 6.07) is 8.35. The van der Waals surface area contributed by atoms with Crippen molar-refractivity contribution in [1.82, 2.24) is 10.2 Å². The zero-order valence-corrected chi connectivity index (χ0v) is 10.9. The molecule has 0 aromatic heterocycles. The molecule has 1 saturated heterocycles. The van der Waals surface area contributed by atoms with Gasteiger partial charge in [0.05, 0.1) is 11.6 Å². The van der Waals surface area contributed by atoms with E-state index < -0.39 is 5.54 Å². The van der Waals surface area contributed by atoms with Crippen LogP contribution in [-0.2, 0) is 10.3 Å². The molecule has 5 heteroatoms. The molecule has 5 nitrogen and oxygen atoms in total. The van der Waals surface area contributed by atoms with Crippen molar-refractivity contribution in [2.24, 2.45) is 0 Å². The number of benzene rings is 1. The third kappa shape index (κ3) is 2.06. The fourth-order valence-corrected chi connectivity index (χ4v) is 2.20. The summed E-state index contributed by atoms with van der Waals surface area (Å²) in [5, 5.41) is 11.5. The minimum absolute atomic E-state index is 0.246. The van der Waals surface area contributed by atoms with E-state index in [0.29, 0.717) is 17.7 Å². The molecule has 3 amide bonds. The highest BCUT2D eigenvalue weighted by molar-refractivity contribution is 6.07. The van der Waals surface area contributed by atoms with E-state index in [1.807, 2.05) is 13.0 Å². The fourth-order valence-electron chi connectivity index (χ4n) is 2.20. The van der Waals surface area contributed by atoms with Crippen molar-refractivity contribution < 1.29 is 9.59 Å². The average Bonchev–Trinajstić information content (AvgIpc) is 2.64. The summed E-state index contributed by atoms with van der Waals surface area (Å²) < 4.78 is 0. The molecule has 19 heavy (non-hydrogen) atoms. The van der Waals surface area contributed by atoms with Gasteiger partial charge in [-0.2, -0.15) is 5.26 Å². The summed E-state index contributed by atoms with van der Waals surface area (Å²) in [6.45, 7) is 4.01. The van der Waals surface area contributed by atoms with Gasteiger partial charge in [0.25, 0.3) is 5.91 Å². The van der Waals surface area contributed by atoms with E-state index in [0.717, 1.165) is 6.42 Å². The Morgan fingerprint density at radius 1 is 1.32 bits per heavy atom. The van der Waals surface area contributed by atoms with Crippen LogP contribution in [0, 0.1) is 11.3 Å². The Balaban J connectivity index is 2.35. The number of urea groups is 1. The molecule has 0 radical (unpaired) electrons. The molecule has 1 heterocycles. The van der Waals surface area contributed by atoms with Crippen molar-refractivity contribution in [3.8, 4) is 6.07 Å². The van der Waals surface area contributed by atoms with Crippen molar-refractivity contribution in [3.63, 3.8) is 0 Å². The molecule has 1 fully saturated rings. The van der Waals surface area contributed by atoms with E-state index in [4.69, 9.17) is 5.26 Å². The van der Waals surface area contributed by atoms with Gasteiger partial charge in [-0.15, -0.1) is 0 Å². The van der Waals surface area contributed by atoms with Gasteiger partial charge >= 0.3 is 6.03 Å². The van der Waals surface area contributed by atoms with E-state index in [1.165, 1.54) is 4.90 Å². The van der Waals surface area contributed by atoms with Crippen LogP contribution in [0.15, 0.2) is 24.3 Å². The lowest BCUT2D eigenvalue weighted by molar-refractivity contribution is -0.131. The Bertz CT molecular complexity index is 559. The highest BCUT2D eigenvalue weighted by atomic mass is 16.2. The molecule has 0 bridgehead atoms. The number of nitrogens with zero attached hydrogens (tertiary/aromatic N) is 2. The topological polar surface area (TPSA) is 73.2 Å². The Kier molecular flexibility index (Phi) is 3.26. The predicted molar refractivity (Wildman–Crippen MR) is 69.0 cm³/mol. The molecule has 0 saturated carbocycles. The number of carbonyl (C=O) groups excluding carboxylic acids is 2. The van der Waals surface area contributed by atoms with Gasteiger partial charge in [0, 0.05) is 6.54 Å². The highest BCUT2D eigenvalue weighted by Gasteiger charge is 2.48. The number of nitrogens with one attached hydrogen (secondary N) is 1. The quantitative estimate of drug-likeness (QED) is 0.838. The van der Waals surface area contributed by atoms with Crippen molar-refractivity contribution in [1.29, 1.82) is 5.26 Å². The molecule has 2 rings (SSSR count). The number of amides is 3. The zero-order valence-electron chi connectivity index (χ0n) is 10.9. The normalized spacial score (nSPS) is 22.3. The standard InChI is InChI=1S/C14H15N3O2/c1-3-8-17-12(18)14(2,16-13(17)19)11-6-4-10(9-15)5-7-11/h4-7H,3,8H2,1-2H3,(H,16,19). The van der Waals surface area contributed by atoms with E-state index in [2.05, 4.69) is 5.32 Å². The minimum atomic E-state index is -1.04. The number of hydrogen-bond donors (Lipinski definition) is 1. The molecule has 1 aliphatic rings. The molecule has 98 valence electrons. The first kappa shape index (κ1) is 13.1. The first-order valence-electron chi connectivity index (χ1n) is 6.17. The molecule has 1 aliphatic heterocycles. The largest absolute Gasteiger partial charge is 0.325 e. The van der Waals surface area contributed by atoms with Crippen LogP contribution in [0.2, 0.25) is 0 Å². The van der Waals surface area contributed by atoms with Crippen molar-refractivity contribution >= 4 is 11.9 Å². The lowest BCUT2D eigenvalue weighted by Gasteiger charge is -2.22. The summed E-state index contributed by atoms with van der Waals surface area (Å²) in [4.78, 5) is 25.4. The first-order chi connectivity index (χ1) is 9.02. The summed E-state index contributed by atoms with van der Waals surface area (Å²) in [5.74, 6) is -0.246. The summed E-state index contributed by atoms with van der Waals surface area (Å²) >= 11 is 0. The van der Waals surface area contributed by atoms with Crippen LogP contribution in [0.3, 0.4) is 0 Å². The number of carbonyl (C=O) groups is 2. The SMILES string of the molecule is CCCN1C(=O)NC(C)(c2ccc(C#N)cc2)C1=O. The second-order valence-corrected chi connectivity index (χ2v) is 4.70. The summed E-state index contributed by atoms with van der Waals surface area (Å²) in [5.41, 5.74) is 0.165. The number of imide groups is 1. The van der Waals surface area contributed by atoms with Gasteiger partial charge in [0.2, 0.25) is 0 Å². The lowest BCUT2D eigenvalue weighted by Crippen LogP contribution is -2.40. The third-order valence-corrected chi connectivity index (χ3v) is 3.31. The minimum Gasteiger partial charge on any atom is -0.319 e. The van der Waals surface area contributed by atoms with Crippen LogP contribution >= 0.6 is 0 Å². The Morgan fingerprint density at radius 2 is 1.95 bits per heavy atom. The zero-order chi connectivity index (χ0) is 14.0. The van der Waals surface area contributed by atoms with Crippen LogP contribution < -0.4 is 5.32 Å². The monoisotopic (exact) mass is 257 g/mol. The maximum Gasteiger partial charge on any atom is 0.325 e. The van der Waals surface area contributed by atoms with Crippen molar-refractivity contribution in [2.45, 2.75) is 25.8 Å². The van der Waals surface area contributed by atoms with Gasteiger partial charge in [-0.1, -0.05) is 19.1 Å². The molecule has 1 aromatic rings. The van der Waals surface area contributed by atoms with Gasteiger partial charge in [-0.25, -0.2) is 4.79 Å². The Morgan fingerprint density at radius 3 is 2.47 bits per heavy atom. The number of rotatable bonds is 3. The maximum absolute atomic E-state index is 12.4. The van der Waals surface area contributed by atoms with Gasteiger partial charge in [0.1, 0.15) is 5.54 Å². The third-order valence-electron chi connectivity index (χ3n) is 3.31. The molecule has 0 spiro atoms. The Hall–Kier alpha value is -2.35. The first-order valence-corrected chi connectivity index (χ1v) is 6.17. The molecule has 1 unspecified atom stereocenters. The number of nitriles is 1. The molecule has 1 aromatic carbocycles. The van der Waals surface area contributed by atoms with E-state index >= 15 is 0 Å². The average molecular weight is 257 g/mol. The summed E-state index contributed by atoms with van der Waals surface area (Å²) in [7, 11) is 0. The van der Waals surface area contributed by atoms with Crippen LogP contribution in [0.5, 0.6) is 0 Å². The summed E-state index contributed by atoms with van der Waals surface area (Å²) in [6.07, 6.45) is 0.725. The van der Waals surface area contributed by atoms with Crippen molar-refractivity contribution in [2.75, 3.05) is 6.54 Å². The molecule has 0 aliphatic carbocycles. The van der Waals surface area contributed by atoms with Gasteiger partial charge in [-0.05, 0) is 31.0 Å². The van der Waals surface area contributed by atoms with E-state index in [-0.39, 0.29) is 11.9 Å². The maximum atomic E-state index is 12.4. The van der Waals surface area contributed by atoms with Crippen LogP contribution in [0.1, 0.15) is 31.4 Å². The fraction of sp³-hybridized carbons (Fsp3) is 0.357. The Labute approximate surface area is 111 Å². The molecule has 1 N–H and O–H groups in total. The highest BCUT2D eigenvalue weighted by Crippen LogP contribution is 2.28. The van der Waals surface area contributed by atoms with Crippen LogP contribution in [0.4, 0.5) is 4.79 Å². The van der Waals surface area contributed by atoms with E-state index in [1.54, 1.807) is 31.2 Å². The lowest BCUT2D eigenvalue weighted by atomic mass is 9.91. The van der Waals surface area contributed by atoms with Gasteiger partial charge in [-0.3, -0.25) is 9.69 Å². The van der Waals surface area contributed by atoms with Crippen LogP contribution in [-0.4, -0.2) is 23.4 Å². The van der Waals surface area contributed by atoms with Crippen LogP contribution in [0.25, 0.3) is 0 Å². The number of hydrogen-bond acceptors (Lipinski definition) is 3. The second kappa shape index (κ2) is 4.73. The van der Waals surface area contributed by atoms with E-state index in [9.17, 15) is 9.59 Å². The smallest absolute Gasteiger partial charge is 0.319 e. The van der Waals surface area contributed by atoms with Gasteiger partial charge in [0.15, 0.2) is 0 Å². The van der Waals surface area contributed by atoms with Gasteiger partial charge < -0.3 is 5.32 Å². The van der Waals surface area contributed by atoms with Crippen molar-refractivity contribution in [3.05, 3.63) is 35.4 Å². The molecular weight excluding hydrogens is 242 g/mol. The molecular formula is C14H15N3O2. The predicted octanol–water partition coefficient (Wildman–Crippen LogP) is 1.74. The second-order valence-electron chi connectivity index (χ2n) is 4.70. The molecule has 1 atom stereocenters.